The summed E-state index contributed by atoms with van der Waals surface area (Å²) in [5.74, 6) is 0.0972. The van der Waals surface area contributed by atoms with Gasteiger partial charge in [-0.1, -0.05) is 25.1 Å². The number of anilines is 1. The molecule has 1 aliphatic rings. The number of thiocarbonyl (C=S) groups is 1. The third-order valence-corrected chi connectivity index (χ3v) is 6.14. The van der Waals surface area contributed by atoms with Gasteiger partial charge in [0.2, 0.25) is 5.91 Å². The van der Waals surface area contributed by atoms with Crippen molar-refractivity contribution >= 4 is 51.8 Å². The van der Waals surface area contributed by atoms with Gasteiger partial charge in [-0.3, -0.25) is 14.5 Å². The molecule has 1 saturated heterocycles. The summed E-state index contributed by atoms with van der Waals surface area (Å²) in [5, 5.41) is 1.35. The van der Waals surface area contributed by atoms with E-state index in [1.54, 1.807) is 11.9 Å². The Morgan fingerprint density at radius 1 is 1.15 bits per heavy atom. The predicted molar refractivity (Wildman–Crippen MR) is 134 cm³/mol. The van der Waals surface area contributed by atoms with E-state index in [-0.39, 0.29) is 12.5 Å². The van der Waals surface area contributed by atoms with Crippen LogP contribution in [0, 0.1) is 0 Å². The lowest BCUT2D eigenvalue weighted by Gasteiger charge is -2.16. The molecule has 1 aromatic heterocycles. The molecule has 7 nitrogen and oxygen atoms in total. The molecule has 2 heterocycles. The number of nitrogens with two attached hydrogens (primary N) is 1. The Hall–Kier alpha value is -3.65. The van der Waals surface area contributed by atoms with Gasteiger partial charge in [0, 0.05) is 24.2 Å². The first-order chi connectivity index (χ1) is 15.8. The minimum atomic E-state index is -0.422. The van der Waals surface area contributed by atoms with Gasteiger partial charge in [-0.15, -0.1) is 0 Å². The molecule has 0 atom stereocenters. The Bertz CT molecular complexity index is 1280. The fraction of sp³-hybridized carbons (Fsp3) is 0.240. The Morgan fingerprint density at radius 2 is 1.88 bits per heavy atom. The lowest BCUT2D eigenvalue weighted by Crippen LogP contribution is -2.31. The number of para-hydroxylation sites is 1. The highest BCUT2D eigenvalue weighted by atomic mass is 32.1. The van der Waals surface area contributed by atoms with Crippen molar-refractivity contribution in [3.8, 4) is 5.75 Å². The molecule has 0 aliphatic carbocycles. The molecule has 2 aromatic carbocycles. The average molecular weight is 463 g/mol. The number of amides is 2. The monoisotopic (exact) mass is 462 g/mol. The summed E-state index contributed by atoms with van der Waals surface area (Å²) in [7, 11) is 1.78. The zero-order valence-electron chi connectivity index (χ0n) is 18.9. The van der Waals surface area contributed by atoms with Crippen LogP contribution in [0.1, 0.15) is 25.0 Å². The van der Waals surface area contributed by atoms with Gasteiger partial charge in [0.15, 0.2) is 5.11 Å². The first kappa shape index (κ1) is 22.5. The van der Waals surface area contributed by atoms with Crippen LogP contribution >= 0.6 is 12.2 Å². The van der Waals surface area contributed by atoms with Crippen LogP contribution in [0.5, 0.6) is 5.75 Å². The number of aryl methyl sites for hydroxylation is 1. The largest absolute Gasteiger partial charge is 0.494 e. The number of fused-ring (bicyclic) bond motifs is 1. The van der Waals surface area contributed by atoms with Gasteiger partial charge in [-0.05, 0) is 61.5 Å². The molecular weight excluding hydrogens is 436 g/mol. The van der Waals surface area contributed by atoms with Crippen LogP contribution in [0.3, 0.4) is 0 Å². The van der Waals surface area contributed by atoms with Crippen LogP contribution < -0.4 is 15.4 Å². The van der Waals surface area contributed by atoms with Gasteiger partial charge < -0.3 is 19.9 Å². The molecule has 0 saturated carbocycles. The third-order valence-electron chi connectivity index (χ3n) is 5.68. The van der Waals surface area contributed by atoms with Crippen LogP contribution in [0.2, 0.25) is 0 Å². The summed E-state index contributed by atoms with van der Waals surface area (Å²) in [6.45, 7) is 4.62. The number of ether oxygens (including phenoxy) is 1. The molecule has 0 unspecified atom stereocenters. The fourth-order valence-electron chi connectivity index (χ4n) is 4.15. The Balaban J connectivity index is 1.77. The summed E-state index contributed by atoms with van der Waals surface area (Å²) in [6, 6.07) is 13.3. The third kappa shape index (κ3) is 4.09. The maximum Gasteiger partial charge on any atom is 0.281 e. The second-order valence-electron chi connectivity index (χ2n) is 7.78. The van der Waals surface area contributed by atoms with Crippen molar-refractivity contribution in [1.29, 1.82) is 0 Å². The maximum absolute atomic E-state index is 13.4. The smallest absolute Gasteiger partial charge is 0.281 e. The van der Waals surface area contributed by atoms with Crippen LogP contribution in [0.15, 0.2) is 54.4 Å². The highest BCUT2D eigenvalue weighted by molar-refractivity contribution is 7.80. The van der Waals surface area contributed by atoms with Gasteiger partial charge in [0.05, 0.1) is 17.8 Å². The number of primary amides is 1. The molecule has 1 aliphatic heterocycles. The van der Waals surface area contributed by atoms with Gasteiger partial charge in [-0.2, -0.15) is 0 Å². The molecule has 0 spiro atoms. The van der Waals surface area contributed by atoms with E-state index in [2.05, 4.69) is 6.92 Å². The molecule has 1 fully saturated rings. The second kappa shape index (κ2) is 9.07. The van der Waals surface area contributed by atoms with E-state index in [0.29, 0.717) is 23.1 Å². The van der Waals surface area contributed by atoms with Crippen molar-refractivity contribution in [2.75, 3.05) is 18.6 Å². The Morgan fingerprint density at radius 3 is 2.52 bits per heavy atom. The predicted octanol–water partition coefficient (Wildman–Crippen LogP) is 3.69. The van der Waals surface area contributed by atoms with Gasteiger partial charge in [0.1, 0.15) is 18.0 Å². The van der Waals surface area contributed by atoms with E-state index in [4.69, 9.17) is 22.7 Å². The molecule has 33 heavy (non-hydrogen) atoms. The molecule has 170 valence electrons. The van der Waals surface area contributed by atoms with Crippen molar-refractivity contribution in [2.24, 2.45) is 5.73 Å². The second-order valence-corrected chi connectivity index (χ2v) is 8.15. The van der Waals surface area contributed by atoms with Crippen molar-refractivity contribution in [3.05, 3.63) is 65.5 Å². The van der Waals surface area contributed by atoms with Crippen LogP contribution in [0.4, 0.5) is 5.69 Å². The number of hydrogen-bond donors (Lipinski definition) is 1. The number of benzene rings is 2. The number of hydrogen-bond acceptors (Lipinski definition) is 4. The molecule has 2 amide bonds. The molecule has 0 bridgehead atoms. The maximum atomic E-state index is 13.4. The normalized spacial score (nSPS) is 15.2. The zero-order chi connectivity index (χ0) is 23.7. The van der Waals surface area contributed by atoms with Crippen molar-refractivity contribution in [1.82, 2.24) is 9.47 Å². The topological polar surface area (TPSA) is 80.8 Å². The fourth-order valence-corrected chi connectivity index (χ4v) is 4.43. The number of rotatable bonds is 7. The lowest BCUT2D eigenvalue weighted by molar-refractivity contribution is -0.118. The first-order valence-electron chi connectivity index (χ1n) is 10.8. The molecular formula is C25H26N4O3S. The molecule has 3 aromatic rings. The van der Waals surface area contributed by atoms with Gasteiger partial charge >= 0.3 is 0 Å². The number of carbonyl (C=O) groups is 2. The first-order valence-corrected chi connectivity index (χ1v) is 11.2. The Kier molecular flexibility index (Phi) is 6.20. The van der Waals surface area contributed by atoms with Crippen molar-refractivity contribution in [2.45, 2.75) is 26.8 Å². The lowest BCUT2D eigenvalue weighted by atomic mass is 10.1. The quantitative estimate of drug-likeness (QED) is 0.428. The van der Waals surface area contributed by atoms with Crippen LogP contribution in [-0.2, 0) is 22.6 Å². The zero-order valence-corrected chi connectivity index (χ0v) is 19.7. The summed E-state index contributed by atoms with van der Waals surface area (Å²) in [6.07, 6.45) is 4.50. The van der Waals surface area contributed by atoms with Crippen LogP contribution in [0.25, 0.3) is 17.0 Å². The molecule has 4 rings (SSSR count). The highest BCUT2D eigenvalue weighted by Crippen LogP contribution is 2.32. The minimum absolute atomic E-state index is 0.0667. The summed E-state index contributed by atoms with van der Waals surface area (Å²) in [5.41, 5.74) is 9.49. The number of carbonyl (C=O) groups excluding carboxylic acids is 2. The van der Waals surface area contributed by atoms with E-state index in [1.165, 1.54) is 4.90 Å². The summed E-state index contributed by atoms with van der Waals surface area (Å²) < 4.78 is 7.35. The molecule has 2 N–H and O–H groups in total. The van der Waals surface area contributed by atoms with Gasteiger partial charge in [0.25, 0.3) is 5.91 Å². The van der Waals surface area contributed by atoms with E-state index in [9.17, 15) is 9.59 Å². The van der Waals surface area contributed by atoms with E-state index in [0.717, 1.165) is 34.2 Å². The SMILES string of the molecule is CCOc1ccc(N2C(=O)C(=Cc3cn(CC(N)=O)c4c(CC)cccc34)N(C)C2=S)cc1. The number of nitrogens with zero attached hydrogens (tertiary/aromatic N) is 3. The Labute approximate surface area is 198 Å². The number of aromatic nitrogens is 1. The van der Waals surface area contributed by atoms with Crippen LogP contribution in [-0.4, -0.2) is 40.0 Å². The summed E-state index contributed by atoms with van der Waals surface area (Å²) in [4.78, 5) is 28.3. The molecule has 8 heteroatoms. The van der Waals surface area contributed by atoms with E-state index < -0.39 is 5.91 Å². The van der Waals surface area contributed by atoms with E-state index >= 15 is 0 Å². The average Bonchev–Trinajstić information content (AvgIpc) is 3.24. The van der Waals surface area contributed by atoms with Crippen molar-refractivity contribution in [3.63, 3.8) is 0 Å². The van der Waals surface area contributed by atoms with Gasteiger partial charge in [-0.25, -0.2) is 0 Å². The van der Waals surface area contributed by atoms with Crippen molar-refractivity contribution < 1.29 is 14.3 Å². The summed E-state index contributed by atoms with van der Waals surface area (Å²) >= 11 is 5.59. The number of likely N-dealkylation sites (N-methyl/N-ethyl adjacent to an activating group) is 1. The van der Waals surface area contributed by atoms with E-state index in [1.807, 2.05) is 66.2 Å². The molecule has 0 radical (unpaired) electrons. The highest BCUT2D eigenvalue weighted by Gasteiger charge is 2.37. The minimum Gasteiger partial charge on any atom is -0.494 e. The standard InChI is InChI=1S/C25H26N4O3S/c1-4-16-7-6-8-20-17(14-28(23(16)20)15-22(26)30)13-21-24(31)29(25(33)27(21)3)18-9-11-19(12-10-18)32-5-2/h6-14H,4-5,15H2,1-3H3,(H2,26,30).